The molecule has 3 rings (SSSR count). The second-order valence-electron chi connectivity index (χ2n) is 6.50. The number of nitrogens with one attached hydrogen (secondary N) is 1. The molecule has 1 N–H and O–H groups in total. The van der Waals surface area contributed by atoms with Gasteiger partial charge < -0.3 is 10.1 Å². The highest BCUT2D eigenvalue weighted by Gasteiger charge is 2.10. The third-order valence-corrected chi connectivity index (χ3v) is 4.63. The minimum atomic E-state index is 0. The highest BCUT2D eigenvalue weighted by atomic mass is 35.5. The summed E-state index contributed by atoms with van der Waals surface area (Å²) in [6.45, 7) is 5.81. The minimum absolute atomic E-state index is 0. The maximum absolute atomic E-state index is 5.87. The van der Waals surface area contributed by atoms with Crippen molar-refractivity contribution in [1.82, 2.24) is 5.32 Å². The van der Waals surface area contributed by atoms with Crippen LogP contribution in [-0.2, 0) is 13.0 Å². The Morgan fingerprint density at radius 2 is 1.65 bits per heavy atom. The highest BCUT2D eigenvalue weighted by molar-refractivity contribution is 5.87. The predicted octanol–water partition coefficient (Wildman–Crippen LogP) is 5.77. The van der Waals surface area contributed by atoms with Crippen molar-refractivity contribution in [1.29, 1.82) is 0 Å². The Hall–Kier alpha value is -2.03. The standard InChI is InChI=1S/C23H27NO.ClH/c1-3-25-23-16-15-20-11-7-8-12-21(20)22(23)17-24-18(2)13-14-19-9-5-4-6-10-19;/h4-12,15-16,18,24H,3,13-14,17H2,1-2H3;1H. The van der Waals surface area contributed by atoms with Gasteiger partial charge in [-0.15, -0.1) is 12.4 Å². The van der Waals surface area contributed by atoms with Gasteiger partial charge in [-0.3, -0.25) is 0 Å². The lowest BCUT2D eigenvalue weighted by atomic mass is 10.0. The van der Waals surface area contributed by atoms with E-state index in [9.17, 15) is 0 Å². The van der Waals surface area contributed by atoms with Gasteiger partial charge in [-0.2, -0.15) is 0 Å². The van der Waals surface area contributed by atoms with Gasteiger partial charge in [-0.25, -0.2) is 0 Å². The largest absolute Gasteiger partial charge is 0.494 e. The molecule has 3 aromatic rings. The monoisotopic (exact) mass is 369 g/mol. The van der Waals surface area contributed by atoms with Crippen molar-refractivity contribution >= 4 is 23.2 Å². The van der Waals surface area contributed by atoms with Crippen molar-refractivity contribution in [2.75, 3.05) is 6.61 Å². The van der Waals surface area contributed by atoms with E-state index in [4.69, 9.17) is 4.74 Å². The first-order valence-electron chi connectivity index (χ1n) is 9.18. The predicted molar refractivity (Wildman–Crippen MR) is 113 cm³/mol. The van der Waals surface area contributed by atoms with Crippen LogP contribution in [0, 0.1) is 0 Å². The molecule has 138 valence electrons. The van der Waals surface area contributed by atoms with Crippen LogP contribution in [0.4, 0.5) is 0 Å². The SMILES string of the molecule is CCOc1ccc2ccccc2c1CNC(C)CCc1ccccc1.Cl. The normalized spacial score (nSPS) is 11.8. The molecule has 3 aromatic carbocycles. The number of fused-ring (bicyclic) bond motifs is 1. The number of rotatable bonds is 8. The quantitative estimate of drug-likeness (QED) is 0.544. The molecular weight excluding hydrogens is 342 g/mol. The molecule has 2 nitrogen and oxygen atoms in total. The van der Waals surface area contributed by atoms with Crippen LogP contribution in [0.25, 0.3) is 10.8 Å². The summed E-state index contributed by atoms with van der Waals surface area (Å²) in [6.07, 6.45) is 2.22. The lowest BCUT2D eigenvalue weighted by molar-refractivity contribution is 0.335. The zero-order valence-electron chi connectivity index (χ0n) is 15.6. The summed E-state index contributed by atoms with van der Waals surface area (Å²) in [7, 11) is 0. The molecule has 1 unspecified atom stereocenters. The van der Waals surface area contributed by atoms with E-state index >= 15 is 0 Å². The van der Waals surface area contributed by atoms with Gasteiger partial charge in [0, 0.05) is 18.2 Å². The molecular formula is C23H28ClNO. The molecule has 0 saturated carbocycles. The molecule has 0 aliphatic carbocycles. The summed E-state index contributed by atoms with van der Waals surface area (Å²) in [5.74, 6) is 0.990. The zero-order chi connectivity index (χ0) is 17.5. The molecule has 0 aliphatic heterocycles. The lowest BCUT2D eigenvalue weighted by Gasteiger charge is -2.18. The average Bonchev–Trinajstić information content (AvgIpc) is 2.66. The molecule has 0 heterocycles. The third kappa shape index (κ3) is 5.23. The van der Waals surface area contributed by atoms with E-state index in [2.05, 4.69) is 79.0 Å². The number of halogens is 1. The van der Waals surface area contributed by atoms with Crippen molar-refractivity contribution in [3.63, 3.8) is 0 Å². The van der Waals surface area contributed by atoms with Gasteiger partial charge >= 0.3 is 0 Å². The lowest BCUT2D eigenvalue weighted by Crippen LogP contribution is -2.26. The molecule has 0 saturated heterocycles. The second-order valence-corrected chi connectivity index (χ2v) is 6.50. The van der Waals surface area contributed by atoms with Crippen LogP contribution in [0.15, 0.2) is 66.7 Å². The van der Waals surface area contributed by atoms with Gasteiger partial charge in [-0.1, -0.05) is 60.7 Å². The molecule has 0 radical (unpaired) electrons. The Balaban J connectivity index is 0.00000243. The zero-order valence-corrected chi connectivity index (χ0v) is 16.4. The average molecular weight is 370 g/mol. The fourth-order valence-electron chi connectivity index (χ4n) is 3.20. The first kappa shape index (κ1) is 20.3. The summed E-state index contributed by atoms with van der Waals surface area (Å²) in [5, 5.41) is 6.22. The molecule has 0 bridgehead atoms. The van der Waals surface area contributed by atoms with Crippen LogP contribution < -0.4 is 10.1 Å². The molecule has 0 amide bonds. The number of aryl methyl sites for hydroxylation is 1. The fourth-order valence-corrected chi connectivity index (χ4v) is 3.20. The molecule has 26 heavy (non-hydrogen) atoms. The smallest absolute Gasteiger partial charge is 0.124 e. The van der Waals surface area contributed by atoms with Gasteiger partial charge in [0.2, 0.25) is 0 Å². The minimum Gasteiger partial charge on any atom is -0.494 e. The van der Waals surface area contributed by atoms with E-state index in [1.807, 2.05) is 6.92 Å². The third-order valence-electron chi connectivity index (χ3n) is 4.63. The van der Waals surface area contributed by atoms with E-state index in [-0.39, 0.29) is 12.4 Å². The van der Waals surface area contributed by atoms with Crippen LogP contribution >= 0.6 is 12.4 Å². The van der Waals surface area contributed by atoms with Crippen LogP contribution in [0.3, 0.4) is 0 Å². The summed E-state index contributed by atoms with van der Waals surface area (Å²) in [6, 6.07) is 23.9. The van der Waals surface area contributed by atoms with Crippen molar-refractivity contribution in [3.8, 4) is 5.75 Å². The Bertz CT molecular complexity index is 804. The Kier molecular flexibility index (Phi) is 7.96. The molecule has 0 aromatic heterocycles. The van der Waals surface area contributed by atoms with E-state index in [0.29, 0.717) is 12.6 Å². The van der Waals surface area contributed by atoms with Gasteiger partial charge in [0.05, 0.1) is 6.61 Å². The first-order chi connectivity index (χ1) is 12.3. The van der Waals surface area contributed by atoms with Crippen LogP contribution in [0.1, 0.15) is 31.4 Å². The molecule has 0 aliphatic rings. The topological polar surface area (TPSA) is 21.3 Å². The van der Waals surface area contributed by atoms with Gasteiger partial charge in [0.15, 0.2) is 0 Å². The van der Waals surface area contributed by atoms with E-state index in [0.717, 1.165) is 25.1 Å². The second kappa shape index (κ2) is 10.2. The van der Waals surface area contributed by atoms with Crippen molar-refractivity contribution in [2.45, 2.75) is 39.3 Å². The van der Waals surface area contributed by atoms with E-state index < -0.39 is 0 Å². The van der Waals surface area contributed by atoms with Crippen LogP contribution in [-0.4, -0.2) is 12.6 Å². The van der Waals surface area contributed by atoms with Crippen molar-refractivity contribution in [2.24, 2.45) is 0 Å². The number of benzene rings is 3. The van der Waals surface area contributed by atoms with Crippen molar-refractivity contribution < 1.29 is 4.74 Å². The Morgan fingerprint density at radius 3 is 2.42 bits per heavy atom. The maximum Gasteiger partial charge on any atom is 0.124 e. The summed E-state index contributed by atoms with van der Waals surface area (Å²) >= 11 is 0. The summed E-state index contributed by atoms with van der Waals surface area (Å²) in [4.78, 5) is 0. The van der Waals surface area contributed by atoms with E-state index in [1.54, 1.807) is 0 Å². The molecule has 0 fully saturated rings. The van der Waals surface area contributed by atoms with E-state index in [1.165, 1.54) is 21.9 Å². The molecule has 1 atom stereocenters. The van der Waals surface area contributed by atoms with Gasteiger partial charge in [0.25, 0.3) is 0 Å². The van der Waals surface area contributed by atoms with Crippen LogP contribution in [0.2, 0.25) is 0 Å². The van der Waals surface area contributed by atoms with Crippen LogP contribution in [0.5, 0.6) is 5.75 Å². The summed E-state index contributed by atoms with van der Waals surface area (Å²) < 4.78 is 5.87. The molecule has 3 heteroatoms. The van der Waals surface area contributed by atoms with Gasteiger partial charge in [0.1, 0.15) is 5.75 Å². The molecule has 0 spiro atoms. The number of ether oxygens (including phenoxy) is 1. The Labute approximate surface area is 163 Å². The highest BCUT2D eigenvalue weighted by Crippen LogP contribution is 2.28. The first-order valence-corrected chi connectivity index (χ1v) is 9.18. The van der Waals surface area contributed by atoms with Gasteiger partial charge in [-0.05, 0) is 49.1 Å². The van der Waals surface area contributed by atoms with Crippen molar-refractivity contribution in [3.05, 3.63) is 77.9 Å². The summed E-state index contributed by atoms with van der Waals surface area (Å²) in [5.41, 5.74) is 2.66. The maximum atomic E-state index is 5.87. The Morgan fingerprint density at radius 1 is 0.923 bits per heavy atom. The fraction of sp³-hybridized carbons (Fsp3) is 0.304. The number of hydrogen-bond acceptors (Lipinski definition) is 2. The number of hydrogen-bond donors (Lipinski definition) is 1.